The summed E-state index contributed by atoms with van der Waals surface area (Å²) < 4.78 is 5.88. The highest BCUT2D eigenvalue weighted by Crippen LogP contribution is 2.26. The van der Waals surface area contributed by atoms with Gasteiger partial charge in [0.05, 0.1) is 18.1 Å². The van der Waals surface area contributed by atoms with Crippen molar-refractivity contribution in [1.82, 2.24) is 10.2 Å². The number of hydrogen-bond acceptors (Lipinski definition) is 3. The zero-order valence-electron chi connectivity index (χ0n) is 11.3. The van der Waals surface area contributed by atoms with E-state index in [1.54, 1.807) is 0 Å². The lowest BCUT2D eigenvalue weighted by molar-refractivity contribution is -0.129. The van der Waals surface area contributed by atoms with Gasteiger partial charge in [-0.3, -0.25) is 4.79 Å². The average Bonchev–Trinajstić information content (AvgIpc) is 3.16. The summed E-state index contributed by atoms with van der Waals surface area (Å²) >= 11 is 6.08. The number of carbonyl (C=O) groups excluding carboxylic acids is 1. The van der Waals surface area contributed by atoms with Crippen LogP contribution in [0.1, 0.15) is 19.3 Å². The van der Waals surface area contributed by atoms with E-state index in [1.165, 1.54) is 12.8 Å². The van der Waals surface area contributed by atoms with Gasteiger partial charge in [0.15, 0.2) is 0 Å². The van der Waals surface area contributed by atoms with Crippen molar-refractivity contribution in [1.29, 1.82) is 0 Å². The minimum absolute atomic E-state index is 0.0415. The van der Waals surface area contributed by atoms with E-state index in [2.05, 4.69) is 5.32 Å². The maximum Gasteiger partial charge on any atom is 0.236 e. The van der Waals surface area contributed by atoms with Gasteiger partial charge in [-0.05, 0) is 25.0 Å². The van der Waals surface area contributed by atoms with Crippen molar-refractivity contribution >= 4 is 17.5 Å². The molecular formula is C15H19ClN2O2. The molecule has 1 heterocycles. The highest BCUT2D eigenvalue weighted by molar-refractivity contribution is 6.32. The molecule has 0 bridgehead atoms. The van der Waals surface area contributed by atoms with Gasteiger partial charge in [0.2, 0.25) is 5.91 Å². The molecule has 1 amide bonds. The third-order valence-corrected chi connectivity index (χ3v) is 4.06. The number of carbonyl (C=O) groups is 1. The van der Waals surface area contributed by atoms with E-state index in [9.17, 15) is 4.79 Å². The first-order valence-corrected chi connectivity index (χ1v) is 7.52. The topological polar surface area (TPSA) is 41.6 Å². The maximum atomic E-state index is 12.0. The Morgan fingerprint density at radius 2 is 2.15 bits per heavy atom. The van der Waals surface area contributed by atoms with E-state index in [-0.39, 0.29) is 12.0 Å². The maximum absolute atomic E-state index is 12.0. The molecule has 1 unspecified atom stereocenters. The van der Waals surface area contributed by atoms with Gasteiger partial charge in [-0.2, -0.15) is 0 Å². The largest absolute Gasteiger partial charge is 0.487 e. The van der Waals surface area contributed by atoms with Gasteiger partial charge in [0.1, 0.15) is 11.9 Å². The molecule has 3 rings (SSSR count). The predicted molar refractivity (Wildman–Crippen MR) is 78.1 cm³/mol. The fraction of sp³-hybridized carbons (Fsp3) is 0.533. The first-order valence-electron chi connectivity index (χ1n) is 7.15. The Hall–Kier alpha value is -1.26. The molecule has 1 aromatic carbocycles. The summed E-state index contributed by atoms with van der Waals surface area (Å²) in [5, 5.41) is 3.87. The van der Waals surface area contributed by atoms with Gasteiger partial charge in [0, 0.05) is 19.0 Å². The van der Waals surface area contributed by atoms with E-state index in [4.69, 9.17) is 16.3 Å². The van der Waals surface area contributed by atoms with Crippen LogP contribution >= 0.6 is 11.6 Å². The van der Waals surface area contributed by atoms with Gasteiger partial charge in [-0.25, -0.2) is 0 Å². The van der Waals surface area contributed by atoms with Crippen LogP contribution in [-0.4, -0.2) is 42.6 Å². The van der Waals surface area contributed by atoms with E-state index < -0.39 is 0 Å². The van der Waals surface area contributed by atoms with Crippen molar-refractivity contribution in [3.8, 4) is 5.75 Å². The molecule has 0 radical (unpaired) electrons. The van der Waals surface area contributed by atoms with Crippen molar-refractivity contribution < 1.29 is 9.53 Å². The normalized spacial score (nSPS) is 22.1. The number of likely N-dealkylation sites (tertiary alicyclic amines) is 1. The number of ether oxygens (including phenoxy) is 1. The third-order valence-electron chi connectivity index (χ3n) is 3.75. The van der Waals surface area contributed by atoms with E-state index in [0.717, 1.165) is 13.0 Å². The summed E-state index contributed by atoms with van der Waals surface area (Å²) in [5.74, 6) is 0.867. The molecule has 0 aromatic heterocycles. The molecule has 0 spiro atoms. The summed E-state index contributed by atoms with van der Waals surface area (Å²) in [6, 6.07) is 8.02. The van der Waals surface area contributed by atoms with Crippen LogP contribution in [0, 0.1) is 0 Å². The Morgan fingerprint density at radius 1 is 1.35 bits per heavy atom. The SMILES string of the molecule is O=C(CNC1CC1)N1CCC(Oc2ccccc2Cl)C1. The Kier molecular flexibility index (Phi) is 4.13. The van der Waals surface area contributed by atoms with E-state index in [1.807, 2.05) is 29.2 Å². The number of rotatable bonds is 5. The molecule has 4 nitrogen and oxygen atoms in total. The molecule has 108 valence electrons. The number of para-hydroxylation sites is 1. The first kappa shape index (κ1) is 13.7. The molecular weight excluding hydrogens is 276 g/mol. The second-order valence-corrected chi connectivity index (χ2v) is 5.86. The molecule has 2 fully saturated rings. The summed E-state index contributed by atoms with van der Waals surface area (Å²) in [4.78, 5) is 13.9. The van der Waals surface area contributed by atoms with Crippen LogP contribution < -0.4 is 10.1 Å². The van der Waals surface area contributed by atoms with Crippen LogP contribution in [0.25, 0.3) is 0 Å². The lowest BCUT2D eigenvalue weighted by Crippen LogP contribution is -2.38. The van der Waals surface area contributed by atoms with Crippen LogP contribution in [-0.2, 0) is 4.79 Å². The molecule has 5 heteroatoms. The van der Waals surface area contributed by atoms with E-state index >= 15 is 0 Å². The Morgan fingerprint density at radius 3 is 2.90 bits per heavy atom. The second kappa shape index (κ2) is 6.02. The average molecular weight is 295 g/mol. The number of halogens is 1. The Labute approximate surface area is 124 Å². The molecule has 1 N–H and O–H groups in total. The van der Waals surface area contributed by atoms with Crippen LogP contribution in [0.3, 0.4) is 0 Å². The van der Waals surface area contributed by atoms with Crippen LogP contribution in [0.15, 0.2) is 24.3 Å². The van der Waals surface area contributed by atoms with Gasteiger partial charge in [0.25, 0.3) is 0 Å². The van der Waals surface area contributed by atoms with Crippen molar-refractivity contribution in [2.45, 2.75) is 31.4 Å². The van der Waals surface area contributed by atoms with Crippen molar-refractivity contribution in [2.24, 2.45) is 0 Å². The van der Waals surface area contributed by atoms with Gasteiger partial charge in [-0.1, -0.05) is 23.7 Å². The lowest BCUT2D eigenvalue weighted by atomic mass is 10.3. The highest BCUT2D eigenvalue weighted by atomic mass is 35.5. The number of nitrogens with one attached hydrogen (secondary N) is 1. The first-order chi connectivity index (χ1) is 9.72. The van der Waals surface area contributed by atoms with Crippen molar-refractivity contribution in [3.63, 3.8) is 0 Å². The molecule has 1 atom stereocenters. The number of nitrogens with zero attached hydrogens (tertiary/aromatic N) is 1. The summed E-state index contributed by atoms with van der Waals surface area (Å²) in [6.07, 6.45) is 3.30. The molecule has 1 aliphatic heterocycles. The zero-order chi connectivity index (χ0) is 13.9. The van der Waals surface area contributed by atoms with Crippen molar-refractivity contribution in [3.05, 3.63) is 29.3 Å². The van der Waals surface area contributed by atoms with Crippen LogP contribution in [0.2, 0.25) is 5.02 Å². The molecule has 1 saturated heterocycles. The fourth-order valence-corrected chi connectivity index (χ4v) is 2.58. The third kappa shape index (κ3) is 3.44. The second-order valence-electron chi connectivity index (χ2n) is 5.45. The summed E-state index contributed by atoms with van der Waals surface area (Å²) in [6.45, 7) is 1.86. The fourth-order valence-electron chi connectivity index (χ4n) is 2.40. The summed E-state index contributed by atoms with van der Waals surface area (Å²) in [5.41, 5.74) is 0. The predicted octanol–water partition coefficient (Wildman–Crippen LogP) is 2.07. The molecule has 1 aromatic rings. The van der Waals surface area contributed by atoms with Gasteiger partial charge in [-0.15, -0.1) is 0 Å². The summed E-state index contributed by atoms with van der Waals surface area (Å²) in [7, 11) is 0. The minimum Gasteiger partial charge on any atom is -0.487 e. The van der Waals surface area contributed by atoms with Crippen molar-refractivity contribution in [2.75, 3.05) is 19.6 Å². The quantitative estimate of drug-likeness (QED) is 0.904. The Bertz CT molecular complexity index is 491. The number of hydrogen-bond donors (Lipinski definition) is 1. The molecule has 2 aliphatic rings. The number of amides is 1. The smallest absolute Gasteiger partial charge is 0.236 e. The lowest BCUT2D eigenvalue weighted by Gasteiger charge is -2.18. The minimum atomic E-state index is 0.0415. The van der Waals surface area contributed by atoms with E-state index in [0.29, 0.717) is 29.9 Å². The molecule has 20 heavy (non-hydrogen) atoms. The van der Waals surface area contributed by atoms with Crippen LogP contribution in [0.4, 0.5) is 0 Å². The Balaban J connectivity index is 1.48. The van der Waals surface area contributed by atoms with Gasteiger partial charge < -0.3 is 15.0 Å². The van der Waals surface area contributed by atoms with Gasteiger partial charge >= 0.3 is 0 Å². The monoisotopic (exact) mass is 294 g/mol. The zero-order valence-corrected chi connectivity index (χ0v) is 12.1. The standard InChI is InChI=1S/C15H19ClN2O2/c16-13-3-1-2-4-14(13)20-12-7-8-18(10-12)15(19)9-17-11-5-6-11/h1-4,11-12,17H,5-10H2. The number of benzene rings is 1. The molecule has 1 saturated carbocycles. The highest BCUT2D eigenvalue weighted by Gasteiger charge is 2.29. The van der Waals surface area contributed by atoms with Crippen LogP contribution in [0.5, 0.6) is 5.75 Å². The molecule has 1 aliphatic carbocycles.